The number of anilines is 1. The number of phenols is 1. The predicted molar refractivity (Wildman–Crippen MR) is 151 cm³/mol. The van der Waals surface area contributed by atoms with E-state index in [-0.39, 0.29) is 30.2 Å². The van der Waals surface area contributed by atoms with Gasteiger partial charge in [0.25, 0.3) is 5.91 Å². The number of ether oxygens (including phenoxy) is 1. The number of aromatic hydroxyl groups is 1. The molecule has 40 heavy (non-hydrogen) atoms. The zero-order valence-corrected chi connectivity index (χ0v) is 24.0. The van der Waals surface area contributed by atoms with Gasteiger partial charge in [-0.3, -0.25) is 14.4 Å². The van der Waals surface area contributed by atoms with Crippen molar-refractivity contribution in [3.8, 4) is 5.75 Å². The normalized spacial score (nSPS) is 12.7. The largest absolute Gasteiger partial charge is 0.508 e. The Labute approximate surface area is 238 Å². The van der Waals surface area contributed by atoms with Gasteiger partial charge in [0.05, 0.1) is 17.3 Å². The first-order valence-corrected chi connectivity index (χ1v) is 13.1. The Bertz CT molecular complexity index is 1230. The van der Waals surface area contributed by atoms with E-state index in [4.69, 9.17) is 22.1 Å². The van der Waals surface area contributed by atoms with Gasteiger partial charge in [0.2, 0.25) is 11.8 Å². The molecular formula is C28H37ClN4O7. The first-order chi connectivity index (χ1) is 18.6. The van der Waals surface area contributed by atoms with Crippen LogP contribution >= 0.6 is 11.6 Å². The number of aryl methyl sites for hydroxylation is 2. The summed E-state index contributed by atoms with van der Waals surface area (Å²) in [6, 6.07) is 6.83. The van der Waals surface area contributed by atoms with Gasteiger partial charge in [-0.25, -0.2) is 4.79 Å². The number of benzene rings is 2. The number of hydrogen-bond donors (Lipinski definition) is 5. The fourth-order valence-corrected chi connectivity index (χ4v) is 4.24. The van der Waals surface area contributed by atoms with Crippen molar-refractivity contribution in [2.75, 3.05) is 18.5 Å². The lowest BCUT2D eigenvalue weighted by Crippen LogP contribution is -2.53. The number of rotatable bonds is 11. The van der Waals surface area contributed by atoms with Crippen LogP contribution in [0.25, 0.3) is 0 Å². The topological polar surface area (TPSA) is 171 Å². The first-order valence-electron chi connectivity index (χ1n) is 12.7. The molecule has 218 valence electrons. The number of nitrogens with two attached hydrogens (primary N) is 1. The summed E-state index contributed by atoms with van der Waals surface area (Å²) < 4.78 is 5.28. The quantitative estimate of drug-likeness (QED) is 0.273. The van der Waals surface area contributed by atoms with Gasteiger partial charge in [0.1, 0.15) is 23.4 Å². The number of hydrogen-bond acceptors (Lipinski definition) is 7. The summed E-state index contributed by atoms with van der Waals surface area (Å²) in [5.41, 5.74) is 6.21. The number of nitrogens with zero attached hydrogens (tertiary/aromatic N) is 1. The molecule has 0 aliphatic heterocycles. The van der Waals surface area contributed by atoms with Gasteiger partial charge in [-0.05, 0) is 75.9 Å². The number of halogens is 1. The fourth-order valence-electron chi connectivity index (χ4n) is 3.97. The average Bonchev–Trinajstić information content (AvgIpc) is 2.84. The molecular weight excluding hydrogens is 540 g/mol. The number of para-hydroxylation sites is 1. The smallest absolute Gasteiger partial charge is 0.408 e. The summed E-state index contributed by atoms with van der Waals surface area (Å²) in [5, 5.41) is 25.5. The molecule has 12 heteroatoms. The van der Waals surface area contributed by atoms with E-state index in [0.29, 0.717) is 22.4 Å². The Morgan fingerprint density at radius 1 is 1.10 bits per heavy atom. The summed E-state index contributed by atoms with van der Waals surface area (Å²) in [4.78, 5) is 53.0. The molecule has 0 heterocycles. The third-order valence-electron chi connectivity index (χ3n) is 5.86. The lowest BCUT2D eigenvalue weighted by molar-refractivity contribution is -0.141. The van der Waals surface area contributed by atoms with Crippen LogP contribution in [0, 0.1) is 13.8 Å². The Kier molecular flexibility index (Phi) is 11.3. The van der Waals surface area contributed by atoms with Crippen LogP contribution in [-0.2, 0) is 19.1 Å². The first kappa shape index (κ1) is 32.4. The van der Waals surface area contributed by atoms with Crippen molar-refractivity contribution in [2.45, 2.75) is 65.1 Å². The highest BCUT2D eigenvalue weighted by Gasteiger charge is 2.36. The molecule has 0 fully saturated rings. The second-order valence-electron chi connectivity index (χ2n) is 10.3. The summed E-state index contributed by atoms with van der Waals surface area (Å²) in [6.07, 6.45) is -1.33. The third-order valence-corrected chi connectivity index (χ3v) is 6.17. The molecule has 2 aromatic carbocycles. The number of carbonyl (C=O) groups excluding carboxylic acids is 4. The maximum Gasteiger partial charge on any atom is 0.408 e. The maximum atomic E-state index is 13.9. The molecule has 0 aromatic heterocycles. The molecule has 4 amide bonds. The summed E-state index contributed by atoms with van der Waals surface area (Å²) in [7, 11) is 0. The average molecular weight is 577 g/mol. The summed E-state index contributed by atoms with van der Waals surface area (Å²) >= 11 is 6.33. The van der Waals surface area contributed by atoms with E-state index in [2.05, 4.69) is 10.6 Å². The lowest BCUT2D eigenvalue weighted by atomic mass is 9.99. The zero-order valence-electron chi connectivity index (χ0n) is 23.3. The Morgan fingerprint density at radius 2 is 1.77 bits per heavy atom. The number of aliphatic hydroxyl groups excluding tert-OH is 1. The molecule has 2 rings (SSSR count). The van der Waals surface area contributed by atoms with Gasteiger partial charge in [-0.1, -0.05) is 29.8 Å². The van der Waals surface area contributed by atoms with E-state index in [9.17, 15) is 29.4 Å². The Balaban J connectivity index is 2.58. The molecule has 0 bridgehead atoms. The number of nitrogens with one attached hydrogen (secondary N) is 2. The van der Waals surface area contributed by atoms with Crippen molar-refractivity contribution < 1.29 is 34.1 Å². The number of carbonyl (C=O) groups is 4. The van der Waals surface area contributed by atoms with E-state index in [1.807, 2.05) is 0 Å². The molecule has 0 radical (unpaired) electrons. The Hall–Kier alpha value is -3.83. The molecule has 2 aromatic rings. The zero-order chi connectivity index (χ0) is 30.2. The number of phenolic OH excluding ortho intramolecular Hbond substituents is 1. The lowest BCUT2D eigenvalue weighted by Gasteiger charge is -2.34. The van der Waals surface area contributed by atoms with Crippen molar-refractivity contribution in [1.82, 2.24) is 10.2 Å². The molecule has 0 saturated heterocycles. The fraction of sp³-hybridized carbons (Fsp3) is 0.429. The molecule has 2 unspecified atom stereocenters. The number of alkyl carbamates (subject to hydrolysis) is 1. The molecule has 11 nitrogen and oxygen atoms in total. The summed E-state index contributed by atoms with van der Waals surface area (Å²) in [6.45, 7) is 7.50. The second-order valence-corrected chi connectivity index (χ2v) is 10.7. The van der Waals surface area contributed by atoms with Crippen LogP contribution in [0.4, 0.5) is 10.5 Å². The molecule has 0 aliphatic rings. The molecule has 0 aliphatic carbocycles. The van der Waals surface area contributed by atoms with Gasteiger partial charge in [-0.15, -0.1) is 0 Å². The van der Waals surface area contributed by atoms with E-state index in [1.165, 1.54) is 18.2 Å². The van der Waals surface area contributed by atoms with Gasteiger partial charge in [0.15, 0.2) is 0 Å². The van der Waals surface area contributed by atoms with Crippen molar-refractivity contribution in [3.63, 3.8) is 0 Å². The van der Waals surface area contributed by atoms with E-state index >= 15 is 0 Å². The summed E-state index contributed by atoms with van der Waals surface area (Å²) in [5.74, 6) is -2.14. The van der Waals surface area contributed by atoms with Crippen molar-refractivity contribution in [1.29, 1.82) is 0 Å². The van der Waals surface area contributed by atoms with Crippen LogP contribution < -0.4 is 16.4 Å². The molecule has 0 saturated carbocycles. The van der Waals surface area contributed by atoms with E-state index in [1.54, 1.807) is 52.8 Å². The second kappa shape index (κ2) is 14.0. The maximum absolute atomic E-state index is 13.9. The highest BCUT2D eigenvalue weighted by atomic mass is 35.5. The van der Waals surface area contributed by atoms with Crippen molar-refractivity contribution in [3.05, 3.63) is 58.1 Å². The Morgan fingerprint density at radius 3 is 2.33 bits per heavy atom. The SMILES string of the molecule is Cc1cc(C(C(=O)Nc2c(C)cccc2Cl)N(CCO)C(=O)C(CCC(N)=O)NC(=O)OC(C)(C)C)ccc1O. The van der Waals surface area contributed by atoms with Gasteiger partial charge in [-0.2, -0.15) is 0 Å². The van der Waals surface area contributed by atoms with Gasteiger partial charge >= 0.3 is 6.09 Å². The minimum absolute atomic E-state index is 0.0178. The van der Waals surface area contributed by atoms with Crippen molar-refractivity contribution >= 4 is 41.1 Å². The van der Waals surface area contributed by atoms with E-state index < -0.39 is 48.1 Å². The minimum Gasteiger partial charge on any atom is -0.508 e. The third kappa shape index (κ3) is 9.13. The number of primary amides is 1. The predicted octanol–water partition coefficient (Wildman–Crippen LogP) is 3.32. The van der Waals surface area contributed by atoms with Crippen LogP contribution in [0.1, 0.15) is 56.3 Å². The van der Waals surface area contributed by atoms with Crippen LogP contribution in [0.15, 0.2) is 36.4 Å². The van der Waals surface area contributed by atoms with E-state index in [0.717, 1.165) is 4.90 Å². The van der Waals surface area contributed by atoms with Crippen LogP contribution in [-0.4, -0.2) is 63.7 Å². The van der Waals surface area contributed by atoms with Gasteiger partial charge < -0.3 is 36.2 Å². The highest BCUT2D eigenvalue weighted by Crippen LogP contribution is 2.31. The monoisotopic (exact) mass is 576 g/mol. The molecule has 6 N–H and O–H groups in total. The minimum atomic E-state index is -1.33. The van der Waals surface area contributed by atoms with Crippen molar-refractivity contribution in [2.24, 2.45) is 5.73 Å². The van der Waals surface area contributed by atoms with Crippen LogP contribution in [0.5, 0.6) is 5.75 Å². The van der Waals surface area contributed by atoms with Crippen LogP contribution in [0.2, 0.25) is 5.02 Å². The number of amides is 4. The van der Waals surface area contributed by atoms with Gasteiger partial charge in [0, 0.05) is 13.0 Å². The standard InChI is InChI=1S/C28H37ClN4O7/c1-16-7-6-8-19(29)23(16)32-25(37)24(18-9-11-21(35)17(2)15-18)33(13-14-34)26(38)20(10-12-22(30)36)31-27(39)40-28(3,4)5/h6-9,11,15,20,24,34-35H,10,12-14H2,1-5H3,(H2,30,36)(H,31,39)(H,32,37). The molecule has 2 atom stereocenters. The highest BCUT2D eigenvalue weighted by molar-refractivity contribution is 6.34. The van der Waals surface area contributed by atoms with Crippen LogP contribution in [0.3, 0.4) is 0 Å². The molecule has 0 spiro atoms. The number of aliphatic hydroxyl groups is 1.